The van der Waals surface area contributed by atoms with Gasteiger partial charge in [0.2, 0.25) is 5.91 Å². The van der Waals surface area contributed by atoms with Gasteiger partial charge in [-0.2, -0.15) is 10.4 Å². The number of hydrogen-bond donors (Lipinski definition) is 4. The summed E-state index contributed by atoms with van der Waals surface area (Å²) in [6.45, 7) is 3.52. The van der Waals surface area contributed by atoms with Crippen LogP contribution in [-0.2, 0) is 9.53 Å². The molecule has 2 atom stereocenters. The van der Waals surface area contributed by atoms with Crippen molar-refractivity contribution in [2.45, 2.75) is 57.0 Å². The standard InChI is InChI=1S/C28H32FN7O4/c1-28(2,39)25(29)15-33-26(37)20-14-31-22(23-4-3-19-9-17(11-30)13-34-36(19)23)10-21(20)35-18-7-16(8-18)12-32-27(38)24-5-6-40-24/h3-4,9-10,13-14,16,18,24-25,39H,5-8,12,15H2,1-2H3,(H,31,35)(H,32,38)(H,33,37)/t16-,18-,24?,25-/m1/s1. The summed E-state index contributed by atoms with van der Waals surface area (Å²) in [5, 5.41) is 32.3. The molecule has 0 radical (unpaired) electrons. The first-order valence-corrected chi connectivity index (χ1v) is 13.3. The van der Waals surface area contributed by atoms with Crippen molar-refractivity contribution >= 4 is 23.0 Å². The van der Waals surface area contributed by atoms with Gasteiger partial charge in [-0.1, -0.05) is 0 Å². The number of aliphatic hydroxyl groups is 1. The number of halogens is 1. The Morgan fingerprint density at radius 3 is 2.73 bits per heavy atom. The summed E-state index contributed by atoms with van der Waals surface area (Å²) in [5.74, 6) is -0.297. The zero-order chi connectivity index (χ0) is 28.4. The van der Waals surface area contributed by atoms with Crippen molar-refractivity contribution in [3.63, 3.8) is 0 Å². The Labute approximate surface area is 230 Å². The lowest BCUT2D eigenvalue weighted by Crippen LogP contribution is -2.47. The Balaban J connectivity index is 1.32. The van der Waals surface area contributed by atoms with Crippen molar-refractivity contribution in [1.82, 2.24) is 25.2 Å². The number of nitriles is 1. The topological polar surface area (TPSA) is 154 Å². The van der Waals surface area contributed by atoms with E-state index in [1.165, 1.54) is 26.2 Å². The predicted molar refractivity (Wildman–Crippen MR) is 144 cm³/mol. The SMILES string of the molecule is CC(C)(O)[C@H](F)CNC(=O)c1cnc(-c2ccc3cc(C#N)cnn23)cc1N[C@H]1C[C@H](CNC(=O)C2CCO2)C1. The summed E-state index contributed by atoms with van der Waals surface area (Å²) >= 11 is 0. The van der Waals surface area contributed by atoms with E-state index >= 15 is 0 Å². The van der Waals surface area contributed by atoms with Gasteiger partial charge in [0, 0.05) is 25.2 Å². The van der Waals surface area contributed by atoms with Crippen molar-refractivity contribution < 1.29 is 23.8 Å². The number of anilines is 1. The molecule has 2 fully saturated rings. The molecule has 0 spiro atoms. The molecule has 12 heteroatoms. The van der Waals surface area contributed by atoms with Crippen molar-refractivity contribution in [2.75, 3.05) is 25.0 Å². The predicted octanol–water partition coefficient (Wildman–Crippen LogP) is 2.20. The van der Waals surface area contributed by atoms with Gasteiger partial charge in [0.05, 0.1) is 58.7 Å². The number of amides is 2. The summed E-state index contributed by atoms with van der Waals surface area (Å²) in [4.78, 5) is 29.6. The van der Waals surface area contributed by atoms with Crippen LogP contribution in [0.2, 0.25) is 0 Å². The second kappa shape index (κ2) is 11.2. The average Bonchev–Trinajstić information content (AvgIpc) is 3.29. The molecule has 11 nitrogen and oxygen atoms in total. The number of fused-ring (bicyclic) bond motifs is 1. The molecule has 2 aliphatic rings. The van der Waals surface area contributed by atoms with E-state index in [2.05, 4.69) is 32.1 Å². The van der Waals surface area contributed by atoms with Gasteiger partial charge in [-0.15, -0.1) is 0 Å². The highest BCUT2D eigenvalue weighted by Crippen LogP contribution is 2.33. The molecular formula is C28H32FN7O4. The zero-order valence-corrected chi connectivity index (χ0v) is 22.4. The van der Waals surface area contributed by atoms with Crippen LogP contribution in [0.15, 0.2) is 36.7 Å². The molecule has 1 aliphatic carbocycles. The van der Waals surface area contributed by atoms with Crippen LogP contribution in [0.4, 0.5) is 10.1 Å². The third-order valence-corrected chi connectivity index (χ3v) is 7.40. The summed E-state index contributed by atoms with van der Waals surface area (Å²) in [5.41, 5.74) is 1.57. The van der Waals surface area contributed by atoms with E-state index in [0.717, 1.165) is 24.8 Å². The van der Waals surface area contributed by atoms with E-state index in [1.807, 2.05) is 12.1 Å². The van der Waals surface area contributed by atoms with Gasteiger partial charge in [-0.25, -0.2) is 8.91 Å². The number of ether oxygens (including phenoxy) is 1. The number of nitrogens with one attached hydrogen (secondary N) is 3. The molecule has 4 N–H and O–H groups in total. The van der Waals surface area contributed by atoms with Crippen LogP contribution in [-0.4, -0.2) is 75.1 Å². The Morgan fingerprint density at radius 1 is 1.27 bits per heavy atom. The minimum atomic E-state index is -1.65. The summed E-state index contributed by atoms with van der Waals surface area (Å²) < 4.78 is 21.2. The summed E-state index contributed by atoms with van der Waals surface area (Å²) in [7, 11) is 0. The first-order chi connectivity index (χ1) is 19.1. The number of pyridine rings is 1. The quantitative estimate of drug-likeness (QED) is 0.300. The van der Waals surface area contributed by atoms with E-state index in [0.29, 0.717) is 41.7 Å². The molecule has 40 heavy (non-hydrogen) atoms. The van der Waals surface area contributed by atoms with Gasteiger partial charge in [0.15, 0.2) is 0 Å². The van der Waals surface area contributed by atoms with Gasteiger partial charge in [-0.05, 0) is 56.9 Å². The number of hydrogen-bond acceptors (Lipinski definition) is 8. The van der Waals surface area contributed by atoms with Gasteiger partial charge >= 0.3 is 0 Å². The molecular weight excluding hydrogens is 517 g/mol. The van der Waals surface area contributed by atoms with E-state index in [9.17, 15) is 24.3 Å². The molecule has 0 aromatic carbocycles. The number of carbonyl (C=O) groups excluding carboxylic acids is 2. The summed E-state index contributed by atoms with van der Waals surface area (Å²) in [6.07, 6.45) is 3.26. The first kappa shape index (κ1) is 27.5. The van der Waals surface area contributed by atoms with Crippen LogP contribution in [0.1, 0.15) is 49.0 Å². The highest BCUT2D eigenvalue weighted by molar-refractivity contribution is 6.00. The number of nitrogens with zero attached hydrogens (tertiary/aromatic N) is 4. The molecule has 3 aromatic rings. The Bertz CT molecular complexity index is 1450. The second-order valence-corrected chi connectivity index (χ2v) is 10.9. The van der Waals surface area contributed by atoms with Gasteiger partial charge in [0.1, 0.15) is 18.3 Å². The lowest BCUT2D eigenvalue weighted by molar-refractivity contribution is -0.145. The highest BCUT2D eigenvalue weighted by atomic mass is 19.1. The number of aromatic nitrogens is 3. The molecule has 210 valence electrons. The van der Waals surface area contributed by atoms with Gasteiger partial charge in [0.25, 0.3) is 5.91 Å². The maximum absolute atomic E-state index is 14.3. The van der Waals surface area contributed by atoms with Crippen LogP contribution in [0.5, 0.6) is 0 Å². The van der Waals surface area contributed by atoms with Gasteiger partial charge in [-0.3, -0.25) is 14.6 Å². The normalized spacial score (nSPS) is 21.0. The van der Waals surface area contributed by atoms with Crippen molar-refractivity contribution in [1.29, 1.82) is 5.26 Å². The molecule has 2 amide bonds. The number of carbonyl (C=O) groups is 2. The maximum atomic E-state index is 14.3. The third kappa shape index (κ3) is 5.90. The molecule has 4 heterocycles. The number of rotatable bonds is 10. The molecule has 3 aromatic heterocycles. The van der Waals surface area contributed by atoms with E-state index in [4.69, 9.17) is 4.74 Å². The molecule has 1 aliphatic heterocycles. The average molecular weight is 550 g/mol. The monoisotopic (exact) mass is 549 g/mol. The Morgan fingerprint density at radius 2 is 2.05 bits per heavy atom. The number of alkyl halides is 1. The molecule has 1 saturated heterocycles. The third-order valence-electron chi connectivity index (χ3n) is 7.40. The zero-order valence-electron chi connectivity index (χ0n) is 22.4. The van der Waals surface area contributed by atoms with Crippen molar-refractivity contribution in [3.05, 3.63) is 47.8 Å². The largest absolute Gasteiger partial charge is 0.387 e. The first-order valence-electron chi connectivity index (χ1n) is 13.3. The fraction of sp³-hybridized carbons (Fsp3) is 0.464. The van der Waals surface area contributed by atoms with E-state index < -0.39 is 17.7 Å². The fourth-order valence-electron chi connectivity index (χ4n) is 4.72. The van der Waals surface area contributed by atoms with Gasteiger partial charge < -0.3 is 25.8 Å². The Hall–Kier alpha value is -4.08. The molecule has 0 bridgehead atoms. The van der Waals surface area contributed by atoms with Crippen molar-refractivity contribution in [2.24, 2.45) is 5.92 Å². The van der Waals surface area contributed by atoms with Crippen LogP contribution in [0, 0.1) is 17.2 Å². The lowest BCUT2D eigenvalue weighted by Gasteiger charge is -2.37. The minimum absolute atomic E-state index is 0.0642. The van der Waals surface area contributed by atoms with Crippen molar-refractivity contribution in [3.8, 4) is 17.5 Å². The Kier molecular flexibility index (Phi) is 7.69. The fourth-order valence-corrected chi connectivity index (χ4v) is 4.72. The highest BCUT2D eigenvalue weighted by Gasteiger charge is 2.33. The van der Waals surface area contributed by atoms with Crippen LogP contribution >= 0.6 is 0 Å². The van der Waals surface area contributed by atoms with E-state index in [-0.39, 0.29) is 30.2 Å². The smallest absolute Gasteiger partial charge is 0.255 e. The molecule has 5 rings (SSSR count). The molecule has 1 unspecified atom stereocenters. The van der Waals surface area contributed by atoms with Crippen LogP contribution in [0.3, 0.4) is 0 Å². The maximum Gasteiger partial charge on any atom is 0.255 e. The molecule has 1 saturated carbocycles. The summed E-state index contributed by atoms with van der Waals surface area (Å²) in [6, 6.07) is 9.27. The van der Waals surface area contributed by atoms with E-state index in [1.54, 1.807) is 16.6 Å². The van der Waals surface area contributed by atoms with Crippen LogP contribution in [0.25, 0.3) is 16.9 Å². The van der Waals surface area contributed by atoms with Crippen LogP contribution < -0.4 is 16.0 Å². The minimum Gasteiger partial charge on any atom is -0.387 e. The second-order valence-electron chi connectivity index (χ2n) is 10.9. The lowest BCUT2D eigenvalue weighted by atomic mass is 9.80.